The number of aromatic nitrogens is 2. The van der Waals surface area contributed by atoms with Gasteiger partial charge in [-0.25, -0.2) is 0 Å². The van der Waals surface area contributed by atoms with Crippen LogP contribution < -0.4 is 0 Å². The van der Waals surface area contributed by atoms with Gasteiger partial charge in [0.1, 0.15) is 0 Å². The highest BCUT2D eigenvalue weighted by Gasteiger charge is 2.07. The predicted octanol–water partition coefficient (Wildman–Crippen LogP) is 2.48. The van der Waals surface area contributed by atoms with Gasteiger partial charge in [-0.2, -0.15) is 5.10 Å². The van der Waals surface area contributed by atoms with E-state index in [-0.39, 0.29) is 6.42 Å². The lowest BCUT2D eigenvalue weighted by molar-refractivity contribution is -0.136. The summed E-state index contributed by atoms with van der Waals surface area (Å²) >= 11 is 0. The summed E-state index contributed by atoms with van der Waals surface area (Å²) in [7, 11) is 0. The molecule has 1 aromatic heterocycles. The number of hydrogen-bond donors (Lipinski definition) is 1. The third kappa shape index (κ3) is 3.02. The van der Waals surface area contributed by atoms with Gasteiger partial charge >= 0.3 is 5.97 Å². The van der Waals surface area contributed by atoms with Crippen molar-refractivity contribution in [2.75, 3.05) is 0 Å². The fourth-order valence-electron chi connectivity index (χ4n) is 2.05. The summed E-state index contributed by atoms with van der Waals surface area (Å²) in [5.41, 5.74) is 5.40. The van der Waals surface area contributed by atoms with Crippen LogP contribution >= 0.6 is 0 Å². The maximum atomic E-state index is 10.6. The van der Waals surface area contributed by atoms with Crippen molar-refractivity contribution >= 4 is 5.97 Å². The molecule has 0 aliphatic heterocycles. The summed E-state index contributed by atoms with van der Waals surface area (Å²) in [5, 5.41) is 13.2. The van der Waals surface area contributed by atoms with Crippen LogP contribution in [0.25, 0.3) is 0 Å². The molecule has 1 N–H and O–H groups in total. The summed E-state index contributed by atoms with van der Waals surface area (Å²) < 4.78 is 1.98. The molecule has 0 saturated carbocycles. The van der Waals surface area contributed by atoms with Crippen LogP contribution in [0.4, 0.5) is 0 Å². The zero-order valence-electron chi connectivity index (χ0n) is 11.5. The lowest BCUT2D eigenvalue weighted by atomic mass is 10.1. The number of aryl methyl sites for hydroxylation is 1. The highest BCUT2D eigenvalue weighted by Crippen LogP contribution is 2.13. The fourth-order valence-corrected chi connectivity index (χ4v) is 2.05. The second kappa shape index (κ2) is 5.26. The first-order chi connectivity index (χ1) is 8.97. The molecular weight excluding hydrogens is 240 g/mol. The molecule has 0 fully saturated rings. The normalized spacial score (nSPS) is 10.7. The minimum Gasteiger partial charge on any atom is -0.481 e. The maximum Gasteiger partial charge on any atom is 0.307 e. The standard InChI is InChI=1S/C15H18N2O2/c1-10-11(2)16-17(12(10)3)9-14-6-4-13(5-7-14)8-15(18)19/h4-7H,8-9H2,1-3H3,(H,18,19). The Morgan fingerprint density at radius 1 is 1.16 bits per heavy atom. The molecule has 100 valence electrons. The van der Waals surface area contributed by atoms with E-state index >= 15 is 0 Å². The monoisotopic (exact) mass is 258 g/mol. The van der Waals surface area contributed by atoms with Crippen LogP contribution in [0.2, 0.25) is 0 Å². The fraction of sp³-hybridized carbons (Fsp3) is 0.333. The van der Waals surface area contributed by atoms with Crippen LogP contribution in [0.1, 0.15) is 28.1 Å². The van der Waals surface area contributed by atoms with E-state index in [4.69, 9.17) is 5.11 Å². The molecule has 4 nitrogen and oxygen atoms in total. The van der Waals surface area contributed by atoms with Gasteiger partial charge in [-0.05, 0) is 37.5 Å². The molecule has 0 amide bonds. The van der Waals surface area contributed by atoms with E-state index in [1.165, 1.54) is 11.3 Å². The van der Waals surface area contributed by atoms with Crippen LogP contribution in [-0.2, 0) is 17.8 Å². The van der Waals surface area contributed by atoms with Crippen LogP contribution in [0, 0.1) is 20.8 Å². The molecule has 0 aliphatic rings. The zero-order valence-corrected chi connectivity index (χ0v) is 11.5. The predicted molar refractivity (Wildman–Crippen MR) is 73.3 cm³/mol. The van der Waals surface area contributed by atoms with Gasteiger partial charge in [0.15, 0.2) is 0 Å². The van der Waals surface area contributed by atoms with Gasteiger partial charge in [0.05, 0.1) is 18.7 Å². The van der Waals surface area contributed by atoms with Crippen LogP contribution in [0.3, 0.4) is 0 Å². The van der Waals surface area contributed by atoms with Crippen molar-refractivity contribution in [2.24, 2.45) is 0 Å². The van der Waals surface area contributed by atoms with Crippen molar-refractivity contribution in [1.29, 1.82) is 0 Å². The summed E-state index contributed by atoms with van der Waals surface area (Å²) in [6, 6.07) is 7.65. The van der Waals surface area contributed by atoms with Crippen molar-refractivity contribution in [3.8, 4) is 0 Å². The molecule has 0 aliphatic carbocycles. The number of nitrogens with zero attached hydrogens (tertiary/aromatic N) is 2. The Balaban J connectivity index is 2.15. The van der Waals surface area contributed by atoms with Gasteiger partial charge in [0, 0.05) is 5.69 Å². The molecule has 2 rings (SSSR count). The first kappa shape index (κ1) is 13.3. The number of benzene rings is 1. The molecule has 0 bridgehead atoms. The molecule has 1 aromatic carbocycles. The average molecular weight is 258 g/mol. The number of carboxylic acid groups (broad SMARTS) is 1. The van der Waals surface area contributed by atoms with E-state index in [0.717, 1.165) is 16.8 Å². The highest BCUT2D eigenvalue weighted by molar-refractivity contribution is 5.70. The Labute approximate surface area is 112 Å². The number of carboxylic acids is 1. The van der Waals surface area contributed by atoms with Crippen molar-refractivity contribution in [3.05, 3.63) is 52.3 Å². The van der Waals surface area contributed by atoms with Crippen molar-refractivity contribution in [2.45, 2.75) is 33.7 Å². The SMILES string of the molecule is Cc1nn(Cc2ccc(CC(=O)O)cc2)c(C)c1C. The molecular formula is C15H18N2O2. The number of rotatable bonds is 4. The molecule has 0 atom stereocenters. The van der Waals surface area contributed by atoms with E-state index in [1.807, 2.05) is 35.9 Å². The van der Waals surface area contributed by atoms with Gasteiger partial charge in [-0.3, -0.25) is 9.48 Å². The quantitative estimate of drug-likeness (QED) is 0.916. The Morgan fingerprint density at radius 3 is 2.21 bits per heavy atom. The summed E-state index contributed by atoms with van der Waals surface area (Å²) in [6.07, 6.45) is 0.0687. The lowest BCUT2D eigenvalue weighted by Gasteiger charge is -2.06. The minimum atomic E-state index is -0.804. The summed E-state index contributed by atoms with van der Waals surface area (Å²) in [6.45, 7) is 6.86. The Bertz CT molecular complexity index is 597. The van der Waals surface area contributed by atoms with Gasteiger partial charge in [0.2, 0.25) is 0 Å². The first-order valence-corrected chi connectivity index (χ1v) is 6.27. The van der Waals surface area contributed by atoms with Crippen LogP contribution in [0.5, 0.6) is 0 Å². The molecule has 4 heteroatoms. The number of aliphatic carboxylic acids is 1. The molecule has 19 heavy (non-hydrogen) atoms. The van der Waals surface area contributed by atoms with E-state index in [9.17, 15) is 4.79 Å². The molecule has 1 heterocycles. The van der Waals surface area contributed by atoms with Gasteiger partial charge in [0.25, 0.3) is 0 Å². The van der Waals surface area contributed by atoms with E-state index in [0.29, 0.717) is 6.54 Å². The topological polar surface area (TPSA) is 55.1 Å². The second-order valence-corrected chi connectivity index (χ2v) is 4.84. The van der Waals surface area contributed by atoms with Crippen molar-refractivity contribution in [3.63, 3.8) is 0 Å². The Hall–Kier alpha value is -2.10. The summed E-state index contributed by atoms with van der Waals surface area (Å²) in [5.74, 6) is -0.804. The van der Waals surface area contributed by atoms with Crippen molar-refractivity contribution < 1.29 is 9.90 Å². The number of hydrogen-bond acceptors (Lipinski definition) is 2. The van der Waals surface area contributed by atoms with E-state index < -0.39 is 5.97 Å². The maximum absolute atomic E-state index is 10.6. The molecule has 0 saturated heterocycles. The Morgan fingerprint density at radius 2 is 1.74 bits per heavy atom. The highest BCUT2D eigenvalue weighted by atomic mass is 16.4. The van der Waals surface area contributed by atoms with Crippen molar-refractivity contribution in [1.82, 2.24) is 9.78 Å². The minimum absolute atomic E-state index is 0.0687. The third-order valence-electron chi connectivity index (χ3n) is 3.45. The van der Waals surface area contributed by atoms with Gasteiger partial charge < -0.3 is 5.11 Å². The molecule has 0 radical (unpaired) electrons. The lowest BCUT2D eigenvalue weighted by Crippen LogP contribution is -2.05. The van der Waals surface area contributed by atoms with Crippen LogP contribution in [-0.4, -0.2) is 20.9 Å². The van der Waals surface area contributed by atoms with Gasteiger partial charge in [-0.15, -0.1) is 0 Å². The Kier molecular flexibility index (Phi) is 3.69. The average Bonchev–Trinajstić information content (AvgIpc) is 2.59. The first-order valence-electron chi connectivity index (χ1n) is 6.27. The largest absolute Gasteiger partial charge is 0.481 e. The molecule has 2 aromatic rings. The summed E-state index contributed by atoms with van der Waals surface area (Å²) in [4.78, 5) is 10.6. The number of carbonyl (C=O) groups is 1. The molecule has 0 unspecified atom stereocenters. The van der Waals surface area contributed by atoms with E-state index in [1.54, 1.807) is 0 Å². The van der Waals surface area contributed by atoms with Crippen LogP contribution in [0.15, 0.2) is 24.3 Å². The molecule has 0 spiro atoms. The zero-order chi connectivity index (χ0) is 14.0. The smallest absolute Gasteiger partial charge is 0.307 e. The second-order valence-electron chi connectivity index (χ2n) is 4.84. The van der Waals surface area contributed by atoms with Gasteiger partial charge in [-0.1, -0.05) is 24.3 Å². The van der Waals surface area contributed by atoms with E-state index in [2.05, 4.69) is 18.9 Å². The third-order valence-corrected chi connectivity index (χ3v) is 3.45.